The highest BCUT2D eigenvalue weighted by molar-refractivity contribution is 5.92. The molecular formula is C19H25NO5. The Morgan fingerprint density at radius 1 is 1.24 bits per heavy atom. The number of carbonyl (C=O) groups excluding carboxylic acids is 1. The number of aliphatic carboxylic acids is 1. The van der Waals surface area contributed by atoms with E-state index in [0.717, 1.165) is 24.8 Å². The largest absolute Gasteiger partial charge is 0.497 e. The average molecular weight is 347 g/mol. The number of hydrogen-bond donors (Lipinski definition) is 2. The number of nitrogens with one attached hydrogen (secondary N) is 1. The molecule has 0 saturated heterocycles. The molecule has 25 heavy (non-hydrogen) atoms. The van der Waals surface area contributed by atoms with Gasteiger partial charge in [0, 0.05) is 18.2 Å². The molecule has 0 spiro atoms. The smallest absolute Gasteiger partial charge is 0.306 e. The van der Waals surface area contributed by atoms with Crippen LogP contribution in [-0.2, 0) is 9.59 Å². The summed E-state index contributed by atoms with van der Waals surface area (Å²) in [6.45, 7) is 0.384. The normalized spacial score (nSPS) is 20.2. The van der Waals surface area contributed by atoms with E-state index in [2.05, 4.69) is 5.32 Å². The zero-order valence-corrected chi connectivity index (χ0v) is 14.7. The van der Waals surface area contributed by atoms with Crippen LogP contribution < -0.4 is 14.8 Å². The van der Waals surface area contributed by atoms with Crippen LogP contribution in [0.1, 0.15) is 31.2 Å². The number of carboxylic acids is 1. The first-order valence-corrected chi connectivity index (χ1v) is 8.46. The molecule has 0 heterocycles. The Labute approximate surface area is 147 Å². The van der Waals surface area contributed by atoms with Gasteiger partial charge in [-0.2, -0.15) is 0 Å². The van der Waals surface area contributed by atoms with E-state index in [-0.39, 0.29) is 17.7 Å². The second-order valence-corrected chi connectivity index (χ2v) is 6.18. The molecule has 1 saturated carbocycles. The Morgan fingerprint density at radius 2 is 2.00 bits per heavy atom. The number of hydrogen-bond acceptors (Lipinski definition) is 4. The lowest BCUT2D eigenvalue weighted by Crippen LogP contribution is -2.36. The van der Waals surface area contributed by atoms with Gasteiger partial charge in [0.1, 0.15) is 11.5 Å². The SMILES string of the molecule is COc1ccc(OC)c(/C=C/C(=O)NC[C@@H]2CCCC[C@@H]2C(=O)O)c1. The molecule has 1 aromatic rings. The monoisotopic (exact) mass is 347 g/mol. The molecule has 6 heteroatoms. The molecule has 1 aliphatic rings. The van der Waals surface area contributed by atoms with Crippen molar-refractivity contribution in [3.63, 3.8) is 0 Å². The van der Waals surface area contributed by atoms with Crippen LogP contribution in [0.5, 0.6) is 11.5 Å². The Morgan fingerprint density at radius 3 is 2.68 bits per heavy atom. The molecule has 6 nitrogen and oxygen atoms in total. The summed E-state index contributed by atoms with van der Waals surface area (Å²) < 4.78 is 10.4. The fourth-order valence-electron chi connectivity index (χ4n) is 3.20. The number of amides is 1. The van der Waals surface area contributed by atoms with E-state index in [9.17, 15) is 14.7 Å². The van der Waals surface area contributed by atoms with Crippen LogP contribution in [0, 0.1) is 11.8 Å². The highest BCUT2D eigenvalue weighted by atomic mass is 16.5. The molecule has 2 N–H and O–H groups in total. The second kappa shape index (κ2) is 9.11. The molecule has 1 fully saturated rings. The standard InChI is InChI=1S/C19H25NO5/c1-24-15-8-9-17(25-2)13(11-15)7-10-18(21)20-12-14-5-3-4-6-16(14)19(22)23/h7-11,14,16H,3-6,12H2,1-2H3,(H,20,21)(H,22,23)/b10-7+/t14-,16-/m0/s1. The third-order valence-corrected chi connectivity index (χ3v) is 4.62. The molecule has 0 radical (unpaired) electrons. The van der Waals surface area contributed by atoms with Gasteiger partial charge in [-0.15, -0.1) is 0 Å². The summed E-state index contributed by atoms with van der Waals surface area (Å²) in [4.78, 5) is 23.4. The summed E-state index contributed by atoms with van der Waals surface area (Å²) in [6.07, 6.45) is 6.57. The zero-order chi connectivity index (χ0) is 18.2. The summed E-state index contributed by atoms with van der Waals surface area (Å²) in [5, 5.41) is 12.1. The lowest BCUT2D eigenvalue weighted by atomic mass is 9.79. The molecule has 0 aliphatic heterocycles. The fraction of sp³-hybridized carbons (Fsp3) is 0.474. The van der Waals surface area contributed by atoms with Crippen molar-refractivity contribution in [1.29, 1.82) is 0 Å². The molecule has 1 amide bonds. The molecule has 0 aromatic heterocycles. The lowest BCUT2D eigenvalue weighted by molar-refractivity contribution is -0.145. The summed E-state index contributed by atoms with van der Waals surface area (Å²) >= 11 is 0. The third kappa shape index (κ3) is 5.24. The molecule has 136 valence electrons. The van der Waals surface area contributed by atoms with Crippen molar-refractivity contribution < 1.29 is 24.2 Å². The second-order valence-electron chi connectivity index (χ2n) is 6.18. The number of ether oxygens (including phenoxy) is 2. The average Bonchev–Trinajstić information content (AvgIpc) is 2.64. The molecule has 1 aromatic carbocycles. The van der Waals surface area contributed by atoms with Crippen molar-refractivity contribution >= 4 is 18.0 Å². The van der Waals surface area contributed by atoms with Gasteiger partial charge in [0.2, 0.25) is 5.91 Å². The van der Waals surface area contributed by atoms with Gasteiger partial charge in [0.25, 0.3) is 0 Å². The summed E-state index contributed by atoms with van der Waals surface area (Å²) in [5.41, 5.74) is 0.734. The summed E-state index contributed by atoms with van der Waals surface area (Å²) in [5.74, 6) is -0.0721. The first kappa shape index (κ1) is 18.8. The maximum Gasteiger partial charge on any atom is 0.306 e. The van der Waals surface area contributed by atoms with Crippen LogP contribution in [-0.4, -0.2) is 37.7 Å². The van der Waals surface area contributed by atoms with Gasteiger partial charge in [-0.3, -0.25) is 9.59 Å². The molecule has 0 bridgehead atoms. The maximum atomic E-state index is 12.1. The van der Waals surface area contributed by atoms with E-state index in [1.807, 2.05) is 0 Å². The first-order chi connectivity index (χ1) is 12.0. The van der Waals surface area contributed by atoms with Crippen molar-refractivity contribution in [3.05, 3.63) is 29.8 Å². The molecular weight excluding hydrogens is 322 g/mol. The Balaban J connectivity index is 1.95. The maximum absolute atomic E-state index is 12.1. The third-order valence-electron chi connectivity index (χ3n) is 4.62. The van der Waals surface area contributed by atoms with Gasteiger partial charge in [-0.05, 0) is 43.0 Å². The number of benzene rings is 1. The van der Waals surface area contributed by atoms with Gasteiger partial charge in [-0.1, -0.05) is 12.8 Å². The van der Waals surface area contributed by atoms with Crippen LogP contribution >= 0.6 is 0 Å². The van der Waals surface area contributed by atoms with Crippen molar-refractivity contribution in [2.24, 2.45) is 11.8 Å². The number of methoxy groups -OCH3 is 2. The molecule has 2 atom stereocenters. The van der Waals surface area contributed by atoms with E-state index in [1.54, 1.807) is 38.5 Å². The van der Waals surface area contributed by atoms with Crippen molar-refractivity contribution in [3.8, 4) is 11.5 Å². The van der Waals surface area contributed by atoms with Crippen LogP contribution in [0.2, 0.25) is 0 Å². The quantitative estimate of drug-likeness (QED) is 0.741. The minimum atomic E-state index is -0.768. The van der Waals surface area contributed by atoms with Crippen LogP contribution in [0.15, 0.2) is 24.3 Å². The highest BCUT2D eigenvalue weighted by Gasteiger charge is 2.30. The lowest BCUT2D eigenvalue weighted by Gasteiger charge is -2.28. The predicted molar refractivity (Wildman–Crippen MR) is 94.7 cm³/mol. The van der Waals surface area contributed by atoms with Gasteiger partial charge >= 0.3 is 5.97 Å². The number of carbonyl (C=O) groups is 2. The van der Waals surface area contributed by atoms with E-state index in [1.165, 1.54) is 6.08 Å². The van der Waals surface area contributed by atoms with Gasteiger partial charge < -0.3 is 19.9 Å². The van der Waals surface area contributed by atoms with Crippen molar-refractivity contribution in [2.45, 2.75) is 25.7 Å². The minimum absolute atomic E-state index is 0.00467. The first-order valence-electron chi connectivity index (χ1n) is 8.46. The molecule has 1 aliphatic carbocycles. The van der Waals surface area contributed by atoms with Crippen LogP contribution in [0.25, 0.3) is 6.08 Å². The van der Waals surface area contributed by atoms with Gasteiger partial charge in [0.05, 0.1) is 20.1 Å². The van der Waals surface area contributed by atoms with E-state index >= 15 is 0 Å². The summed E-state index contributed by atoms with van der Waals surface area (Å²) in [7, 11) is 3.14. The molecule has 2 rings (SSSR count). The van der Waals surface area contributed by atoms with Gasteiger partial charge in [0.15, 0.2) is 0 Å². The topological polar surface area (TPSA) is 84.9 Å². The zero-order valence-electron chi connectivity index (χ0n) is 14.7. The Kier molecular flexibility index (Phi) is 6.86. The van der Waals surface area contributed by atoms with Gasteiger partial charge in [-0.25, -0.2) is 0 Å². The predicted octanol–water partition coefficient (Wildman–Crippen LogP) is 2.72. The molecule has 0 unspecified atom stereocenters. The van der Waals surface area contributed by atoms with E-state index in [4.69, 9.17) is 9.47 Å². The van der Waals surface area contributed by atoms with E-state index < -0.39 is 5.97 Å². The van der Waals surface area contributed by atoms with Crippen molar-refractivity contribution in [1.82, 2.24) is 5.32 Å². The highest BCUT2D eigenvalue weighted by Crippen LogP contribution is 2.29. The number of rotatable bonds is 7. The Hall–Kier alpha value is -2.50. The van der Waals surface area contributed by atoms with Crippen molar-refractivity contribution in [2.75, 3.05) is 20.8 Å². The Bertz CT molecular complexity index is 641. The fourth-order valence-corrected chi connectivity index (χ4v) is 3.20. The van der Waals surface area contributed by atoms with Crippen LogP contribution in [0.4, 0.5) is 0 Å². The van der Waals surface area contributed by atoms with Crippen LogP contribution in [0.3, 0.4) is 0 Å². The minimum Gasteiger partial charge on any atom is -0.497 e. The number of carboxylic acid groups (broad SMARTS) is 1. The van der Waals surface area contributed by atoms with E-state index in [0.29, 0.717) is 24.5 Å². The summed E-state index contributed by atoms with van der Waals surface area (Å²) in [6, 6.07) is 5.34.